The average Bonchev–Trinajstić information content (AvgIpc) is 3.10. The van der Waals surface area contributed by atoms with Crippen LogP contribution >= 0.6 is 0 Å². The molecule has 138 valence electrons. The van der Waals surface area contributed by atoms with E-state index in [-0.39, 0.29) is 5.97 Å². The average molecular weight is 349 g/mol. The summed E-state index contributed by atoms with van der Waals surface area (Å²) in [5.74, 6) is 2.26. The highest BCUT2D eigenvalue weighted by molar-refractivity contribution is 5.79. The van der Waals surface area contributed by atoms with Gasteiger partial charge in [0.15, 0.2) is 17.5 Å². The highest BCUT2D eigenvalue weighted by Crippen LogP contribution is 2.32. The van der Waals surface area contributed by atoms with Gasteiger partial charge in [0, 0.05) is 26.6 Å². The van der Waals surface area contributed by atoms with Crippen LogP contribution in [-0.4, -0.2) is 46.0 Å². The maximum Gasteiger partial charge on any atom is 0.305 e. The van der Waals surface area contributed by atoms with Crippen molar-refractivity contribution in [1.82, 2.24) is 10.6 Å². The van der Waals surface area contributed by atoms with Crippen molar-refractivity contribution in [3.63, 3.8) is 0 Å². The molecule has 0 saturated carbocycles. The number of aliphatic imine (C=N–C) groups is 1. The summed E-state index contributed by atoms with van der Waals surface area (Å²) in [7, 11) is 3.18. The van der Waals surface area contributed by atoms with Gasteiger partial charge in [-0.3, -0.25) is 9.79 Å². The van der Waals surface area contributed by atoms with Crippen LogP contribution in [0.15, 0.2) is 23.2 Å². The van der Waals surface area contributed by atoms with Crippen LogP contribution in [0.1, 0.15) is 31.2 Å². The summed E-state index contributed by atoms with van der Waals surface area (Å²) < 4.78 is 15.3. The lowest BCUT2D eigenvalue weighted by Gasteiger charge is -2.12. The molecule has 0 bridgehead atoms. The smallest absolute Gasteiger partial charge is 0.305 e. The summed E-state index contributed by atoms with van der Waals surface area (Å²) in [5.41, 5.74) is 1.19. The zero-order valence-corrected chi connectivity index (χ0v) is 15.0. The molecular formula is C18H27N3O4. The predicted molar refractivity (Wildman–Crippen MR) is 96.1 cm³/mol. The number of ether oxygens (including phenoxy) is 3. The molecule has 7 heteroatoms. The van der Waals surface area contributed by atoms with Crippen LogP contribution in [0.3, 0.4) is 0 Å². The number of nitrogens with zero attached hydrogens (tertiary/aromatic N) is 1. The van der Waals surface area contributed by atoms with Crippen LogP contribution in [-0.2, 0) is 16.0 Å². The number of nitrogens with one attached hydrogen (secondary N) is 2. The van der Waals surface area contributed by atoms with Crippen molar-refractivity contribution in [2.24, 2.45) is 4.99 Å². The molecule has 0 aliphatic carbocycles. The maximum absolute atomic E-state index is 11.0. The Labute approximate surface area is 148 Å². The Morgan fingerprint density at radius 1 is 1.16 bits per heavy atom. The van der Waals surface area contributed by atoms with Crippen LogP contribution < -0.4 is 20.1 Å². The standard InChI is InChI=1S/C18H27N3O4/c1-19-18(20-10-5-3-4-6-17(22)23-2)21-11-9-14-7-8-15-16(12-14)25-13-24-15/h7-8,12H,3-6,9-11,13H2,1-2H3,(H2,19,20,21). The van der Waals surface area contributed by atoms with E-state index in [4.69, 9.17) is 9.47 Å². The van der Waals surface area contributed by atoms with E-state index < -0.39 is 0 Å². The predicted octanol–water partition coefficient (Wildman–Crippen LogP) is 1.86. The number of methoxy groups -OCH3 is 1. The first-order chi connectivity index (χ1) is 12.2. The van der Waals surface area contributed by atoms with Crippen molar-refractivity contribution in [3.05, 3.63) is 23.8 Å². The molecule has 1 aliphatic rings. The van der Waals surface area contributed by atoms with Gasteiger partial charge in [-0.05, 0) is 37.0 Å². The van der Waals surface area contributed by atoms with Crippen LogP contribution in [0.5, 0.6) is 11.5 Å². The Morgan fingerprint density at radius 2 is 1.96 bits per heavy atom. The third-order valence-electron chi connectivity index (χ3n) is 3.94. The number of carbonyl (C=O) groups is 1. The lowest BCUT2D eigenvalue weighted by atomic mass is 10.1. The van der Waals surface area contributed by atoms with Gasteiger partial charge < -0.3 is 24.8 Å². The third-order valence-corrected chi connectivity index (χ3v) is 3.94. The highest BCUT2D eigenvalue weighted by Gasteiger charge is 2.12. The molecule has 0 saturated heterocycles. The Balaban J connectivity index is 1.58. The zero-order chi connectivity index (χ0) is 17.9. The Kier molecular flexibility index (Phi) is 7.88. The summed E-state index contributed by atoms with van der Waals surface area (Å²) >= 11 is 0. The molecule has 2 rings (SSSR count). The normalized spacial score (nSPS) is 12.8. The van der Waals surface area contributed by atoms with E-state index in [1.807, 2.05) is 18.2 Å². The van der Waals surface area contributed by atoms with Gasteiger partial charge >= 0.3 is 5.97 Å². The van der Waals surface area contributed by atoms with Gasteiger partial charge in [-0.15, -0.1) is 0 Å². The first-order valence-electron chi connectivity index (χ1n) is 8.63. The molecule has 0 atom stereocenters. The first-order valence-corrected chi connectivity index (χ1v) is 8.63. The number of rotatable bonds is 9. The van der Waals surface area contributed by atoms with E-state index >= 15 is 0 Å². The quantitative estimate of drug-likeness (QED) is 0.306. The van der Waals surface area contributed by atoms with E-state index in [9.17, 15) is 4.79 Å². The molecule has 0 radical (unpaired) electrons. The van der Waals surface area contributed by atoms with Crippen molar-refractivity contribution in [2.45, 2.75) is 32.1 Å². The fourth-order valence-electron chi connectivity index (χ4n) is 2.52. The summed E-state index contributed by atoms with van der Waals surface area (Å²) in [4.78, 5) is 15.2. The molecule has 1 aromatic rings. The van der Waals surface area contributed by atoms with Crippen molar-refractivity contribution in [3.8, 4) is 11.5 Å². The van der Waals surface area contributed by atoms with Gasteiger partial charge in [0.25, 0.3) is 0 Å². The molecule has 0 fully saturated rings. The molecule has 1 heterocycles. The van der Waals surface area contributed by atoms with Crippen molar-refractivity contribution in [2.75, 3.05) is 34.0 Å². The molecule has 1 aliphatic heterocycles. The van der Waals surface area contributed by atoms with E-state index in [1.165, 1.54) is 12.7 Å². The molecule has 2 N–H and O–H groups in total. The van der Waals surface area contributed by atoms with Crippen LogP contribution in [0, 0.1) is 0 Å². The minimum absolute atomic E-state index is 0.144. The zero-order valence-electron chi connectivity index (χ0n) is 15.0. The van der Waals surface area contributed by atoms with E-state index in [1.54, 1.807) is 7.05 Å². The number of hydrogen-bond acceptors (Lipinski definition) is 5. The van der Waals surface area contributed by atoms with E-state index in [0.29, 0.717) is 13.2 Å². The molecule has 0 unspecified atom stereocenters. The van der Waals surface area contributed by atoms with Crippen LogP contribution in [0.25, 0.3) is 0 Å². The Bertz CT molecular complexity index is 590. The molecule has 7 nitrogen and oxygen atoms in total. The number of esters is 1. The second-order valence-electron chi connectivity index (χ2n) is 5.75. The molecule has 0 aromatic heterocycles. The van der Waals surface area contributed by atoms with Gasteiger partial charge in [-0.25, -0.2) is 0 Å². The number of guanidine groups is 1. The minimum atomic E-state index is -0.144. The van der Waals surface area contributed by atoms with E-state index in [0.717, 1.165) is 56.2 Å². The number of fused-ring (bicyclic) bond motifs is 1. The van der Waals surface area contributed by atoms with Crippen molar-refractivity contribution in [1.29, 1.82) is 0 Å². The van der Waals surface area contributed by atoms with Gasteiger partial charge in [0.1, 0.15) is 0 Å². The van der Waals surface area contributed by atoms with Crippen molar-refractivity contribution >= 4 is 11.9 Å². The molecule has 0 spiro atoms. The molecule has 0 amide bonds. The highest BCUT2D eigenvalue weighted by atomic mass is 16.7. The number of unbranched alkanes of at least 4 members (excludes halogenated alkanes) is 2. The van der Waals surface area contributed by atoms with Gasteiger partial charge in [-0.1, -0.05) is 12.5 Å². The summed E-state index contributed by atoms with van der Waals surface area (Å²) in [6.45, 7) is 1.90. The fraction of sp³-hybridized carbons (Fsp3) is 0.556. The first kappa shape index (κ1) is 18.9. The second kappa shape index (κ2) is 10.4. The third kappa shape index (κ3) is 6.52. The topological polar surface area (TPSA) is 81.2 Å². The molecule has 25 heavy (non-hydrogen) atoms. The largest absolute Gasteiger partial charge is 0.469 e. The van der Waals surface area contributed by atoms with Gasteiger partial charge in [-0.2, -0.15) is 0 Å². The fourth-order valence-corrected chi connectivity index (χ4v) is 2.52. The Morgan fingerprint density at radius 3 is 2.76 bits per heavy atom. The number of hydrogen-bond donors (Lipinski definition) is 2. The summed E-state index contributed by atoms with van der Waals surface area (Å²) in [6, 6.07) is 6.01. The summed E-state index contributed by atoms with van der Waals surface area (Å²) in [5, 5.41) is 6.57. The van der Waals surface area contributed by atoms with E-state index in [2.05, 4.69) is 20.4 Å². The van der Waals surface area contributed by atoms with Gasteiger partial charge in [0.2, 0.25) is 6.79 Å². The van der Waals surface area contributed by atoms with Crippen LogP contribution in [0.4, 0.5) is 0 Å². The molecule has 1 aromatic carbocycles. The monoisotopic (exact) mass is 349 g/mol. The minimum Gasteiger partial charge on any atom is -0.469 e. The molecular weight excluding hydrogens is 322 g/mol. The maximum atomic E-state index is 11.0. The lowest BCUT2D eigenvalue weighted by Crippen LogP contribution is -2.38. The number of carbonyl (C=O) groups excluding carboxylic acids is 1. The van der Waals surface area contributed by atoms with Crippen molar-refractivity contribution < 1.29 is 19.0 Å². The lowest BCUT2D eigenvalue weighted by molar-refractivity contribution is -0.140. The Hall–Kier alpha value is -2.44. The summed E-state index contributed by atoms with van der Waals surface area (Å²) in [6.07, 6.45) is 4.18. The van der Waals surface area contributed by atoms with Crippen LogP contribution in [0.2, 0.25) is 0 Å². The van der Waals surface area contributed by atoms with Gasteiger partial charge in [0.05, 0.1) is 7.11 Å². The number of benzene rings is 1. The SMILES string of the molecule is CN=C(NCCCCCC(=O)OC)NCCc1ccc2c(c1)OCO2. The second-order valence-corrected chi connectivity index (χ2v) is 5.75.